The maximum atomic E-state index is 11.2. The van der Waals surface area contributed by atoms with E-state index in [-0.39, 0.29) is 24.0 Å². The average Bonchev–Trinajstić information content (AvgIpc) is 2.74. The van der Waals surface area contributed by atoms with Gasteiger partial charge in [-0.25, -0.2) is 0 Å². The lowest BCUT2D eigenvalue weighted by atomic mass is 9.90. The summed E-state index contributed by atoms with van der Waals surface area (Å²) in [5.41, 5.74) is 8.52. The number of hydrogen-bond donors (Lipinski definition) is 0. The molecule has 2 heterocycles. The highest BCUT2D eigenvalue weighted by Gasteiger charge is 2.46. The van der Waals surface area contributed by atoms with Crippen LogP contribution in [0.2, 0.25) is 0 Å². The zero-order valence-corrected chi connectivity index (χ0v) is 23.2. The van der Waals surface area contributed by atoms with E-state index in [0.717, 1.165) is 0 Å². The molecule has 10 atom stereocenters. The Balaban J connectivity index is 0.000000362. The number of rotatable bonds is 5. The molecular weight excluding hydrogens is 546 g/mol. The van der Waals surface area contributed by atoms with Crippen LogP contribution < -0.4 is 0 Å². The van der Waals surface area contributed by atoms with E-state index < -0.39 is 59.5 Å². The van der Waals surface area contributed by atoms with Crippen LogP contribution in [-0.4, -0.2) is 71.7 Å². The maximum absolute atomic E-state index is 11.2. The van der Waals surface area contributed by atoms with E-state index in [1.165, 1.54) is 27.7 Å². The molecule has 14 heteroatoms. The van der Waals surface area contributed by atoms with Crippen LogP contribution >= 0.6 is 15.9 Å². The Morgan fingerprint density at radius 1 is 0.694 bits per heavy atom. The van der Waals surface area contributed by atoms with Gasteiger partial charge in [0.2, 0.25) is 0 Å². The molecule has 0 amide bonds. The molecule has 2 aliphatic rings. The van der Waals surface area contributed by atoms with Crippen LogP contribution in [0.3, 0.4) is 0 Å². The quantitative estimate of drug-likeness (QED) is 0.117. The van der Waals surface area contributed by atoms with Crippen molar-refractivity contribution in [2.24, 2.45) is 17.0 Å². The van der Waals surface area contributed by atoms with Crippen molar-refractivity contribution in [1.82, 2.24) is 0 Å². The predicted octanol–water partition coefficient (Wildman–Crippen LogP) is 3.17. The van der Waals surface area contributed by atoms with Gasteiger partial charge in [0.05, 0.1) is 12.2 Å². The summed E-state index contributed by atoms with van der Waals surface area (Å²) in [4.78, 5) is 47.1. The minimum Gasteiger partial charge on any atom is -0.458 e. The monoisotopic (exact) mass is 579 g/mol. The second kappa shape index (κ2) is 14.4. The summed E-state index contributed by atoms with van der Waals surface area (Å²) in [6.07, 6.45) is -4.16. The lowest BCUT2D eigenvalue weighted by molar-refractivity contribution is -0.219. The van der Waals surface area contributed by atoms with Gasteiger partial charge in [-0.2, -0.15) is 0 Å². The smallest absolute Gasteiger partial charge is 0.303 e. The average molecular weight is 580 g/mol. The van der Waals surface area contributed by atoms with Gasteiger partial charge >= 0.3 is 23.9 Å². The van der Waals surface area contributed by atoms with Gasteiger partial charge in [-0.3, -0.25) is 19.2 Å². The molecule has 2 rings (SSSR count). The van der Waals surface area contributed by atoms with Crippen molar-refractivity contribution >= 4 is 39.8 Å². The predicted molar refractivity (Wildman–Crippen MR) is 127 cm³/mol. The standard InChI is InChI=1S/C11H17BrO5.C11H17N3O5/c1-5-6(2)15-11(12)10(17-8(4)14)9(5)16-7(3)13;1-5-6(2)17-11(13-14-12)10(19-8(4)16)9(5)18-7(3)15/h5-6,9-11H,1-4H3;5-6,9-11H,1-4H3/t5-,6?,9?,10+,11-;5-,6?,9?,10+,11+/m11/s1. The van der Waals surface area contributed by atoms with Gasteiger partial charge in [0.1, 0.15) is 12.2 Å². The minimum atomic E-state index is -1.01. The van der Waals surface area contributed by atoms with E-state index >= 15 is 0 Å². The molecular formula is C22H34BrN3O10. The van der Waals surface area contributed by atoms with E-state index in [9.17, 15) is 19.2 Å². The molecule has 0 N–H and O–H groups in total. The van der Waals surface area contributed by atoms with Crippen molar-refractivity contribution in [3.63, 3.8) is 0 Å². The van der Waals surface area contributed by atoms with Crippen molar-refractivity contribution in [3.8, 4) is 0 Å². The Hall–Kier alpha value is -2.41. The van der Waals surface area contributed by atoms with E-state index in [1.54, 1.807) is 13.8 Å². The van der Waals surface area contributed by atoms with Gasteiger partial charge in [0, 0.05) is 44.4 Å². The van der Waals surface area contributed by atoms with Crippen molar-refractivity contribution < 1.29 is 47.6 Å². The molecule has 0 aromatic heterocycles. The fourth-order valence-corrected chi connectivity index (χ4v) is 4.53. The van der Waals surface area contributed by atoms with Crippen molar-refractivity contribution in [2.45, 2.75) is 103 Å². The Bertz CT molecular complexity index is 852. The van der Waals surface area contributed by atoms with Crippen LogP contribution in [0.25, 0.3) is 10.4 Å². The Kier molecular flexibility index (Phi) is 12.6. The molecule has 0 aliphatic carbocycles. The van der Waals surface area contributed by atoms with Crippen molar-refractivity contribution in [2.75, 3.05) is 0 Å². The van der Waals surface area contributed by atoms with E-state index in [4.69, 9.17) is 34.0 Å². The highest BCUT2D eigenvalue weighted by Crippen LogP contribution is 2.33. The van der Waals surface area contributed by atoms with Crippen LogP contribution in [0, 0.1) is 11.8 Å². The first kappa shape index (κ1) is 31.6. The first-order valence-corrected chi connectivity index (χ1v) is 12.3. The third kappa shape index (κ3) is 9.23. The second-order valence-corrected chi connectivity index (χ2v) is 9.55. The van der Waals surface area contributed by atoms with E-state index in [1.807, 2.05) is 13.8 Å². The molecule has 36 heavy (non-hydrogen) atoms. The van der Waals surface area contributed by atoms with Crippen LogP contribution in [0.15, 0.2) is 5.11 Å². The molecule has 0 aromatic rings. The van der Waals surface area contributed by atoms with Gasteiger partial charge in [-0.05, 0) is 19.4 Å². The second-order valence-electron chi connectivity index (χ2n) is 8.64. The first-order chi connectivity index (χ1) is 16.7. The molecule has 0 radical (unpaired) electrons. The zero-order valence-electron chi connectivity index (χ0n) is 21.6. The van der Waals surface area contributed by atoms with Gasteiger partial charge in [0.15, 0.2) is 23.4 Å². The number of halogens is 1. The van der Waals surface area contributed by atoms with E-state index in [0.29, 0.717) is 0 Å². The first-order valence-electron chi connectivity index (χ1n) is 11.4. The summed E-state index contributed by atoms with van der Waals surface area (Å²) >= 11 is 3.29. The summed E-state index contributed by atoms with van der Waals surface area (Å²) in [6.45, 7) is 12.5. The van der Waals surface area contributed by atoms with E-state index in [2.05, 4.69) is 26.0 Å². The number of alkyl halides is 1. The molecule has 2 fully saturated rings. The van der Waals surface area contributed by atoms with Crippen LogP contribution in [0.4, 0.5) is 0 Å². The molecule has 204 valence electrons. The number of esters is 4. The van der Waals surface area contributed by atoms with Crippen molar-refractivity contribution in [3.05, 3.63) is 10.4 Å². The molecule has 4 unspecified atom stereocenters. The topological polar surface area (TPSA) is 172 Å². The number of carbonyl (C=O) groups is 4. The minimum absolute atomic E-state index is 0.0444. The molecule has 0 aromatic carbocycles. The molecule has 2 saturated heterocycles. The number of azide groups is 1. The molecule has 13 nitrogen and oxygen atoms in total. The zero-order chi connectivity index (χ0) is 27.7. The number of hydrogen-bond acceptors (Lipinski definition) is 11. The van der Waals surface area contributed by atoms with Gasteiger partial charge in [0.25, 0.3) is 0 Å². The summed E-state index contributed by atoms with van der Waals surface area (Å²) < 4.78 is 31.7. The summed E-state index contributed by atoms with van der Waals surface area (Å²) in [6, 6.07) is 0. The molecule has 0 bridgehead atoms. The highest BCUT2D eigenvalue weighted by atomic mass is 79.9. The fraction of sp³-hybridized carbons (Fsp3) is 0.818. The number of ether oxygens (including phenoxy) is 6. The lowest BCUT2D eigenvalue weighted by Gasteiger charge is -2.41. The maximum Gasteiger partial charge on any atom is 0.303 e. The summed E-state index contributed by atoms with van der Waals surface area (Å²) in [5.74, 6) is -2.13. The molecule has 0 saturated carbocycles. The van der Waals surface area contributed by atoms with Crippen molar-refractivity contribution in [1.29, 1.82) is 0 Å². The van der Waals surface area contributed by atoms with Crippen LogP contribution in [0.1, 0.15) is 55.4 Å². The Labute approximate surface area is 218 Å². The van der Waals surface area contributed by atoms with Gasteiger partial charge in [-0.1, -0.05) is 34.9 Å². The SMILES string of the molecule is CC(=O)OC1[C@H](C)C(C)O[C@@H](Br)[C@H]1OC(C)=O.CC(=O)OC1[C@H](C)C(C)O[C@H](N=[N+]=[N-])[C@H]1OC(C)=O. The third-order valence-electron chi connectivity index (χ3n) is 5.78. The van der Waals surface area contributed by atoms with Crippen LogP contribution in [-0.2, 0) is 47.6 Å². The lowest BCUT2D eigenvalue weighted by Crippen LogP contribution is -2.55. The Morgan fingerprint density at radius 3 is 1.47 bits per heavy atom. The summed E-state index contributed by atoms with van der Waals surface area (Å²) in [7, 11) is 0. The summed E-state index contributed by atoms with van der Waals surface area (Å²) in [5, 5.41) is 2.98. The normalized spacial score (nSPS) is 35.6. The highest BCUT2D eigenvalue weighted by molar-refractivity contribution is 9.09. The Morgan fingerprint density at radius 2 is 1.06 bits per heavy atom. The van der Waals surface area contributed by atoms with Gasteiger partial charge in [-0.15, -0.1) is 0 Å². The number of carbonyl (C=O) groups excluding carboxylic acids is 4. The van der Waals surface area contributed by atoms with Crippen LogP contribution in [0.5, 0.6) is 0 Å². The third-order valence-corrected chi connectivity index (χ3v) is 6.51. The van der Waals surface area contributed by atoms with Gasteiger partial charge < -0.3 is 28.4 Å². The largest absolute Gasteiger partial charge is 0.458 e. The fourth-order valence-electron chi connectivity index (χ4n) is 3.78. The molecule has 0 spiro atoms. The number of nitrogens with zero attached hydrogens (tertiary/aromatic N) is 3. The molecule has 2 aliphatic heterocycles.